The Morgan fingerprint density at radius 3 is 2.41 bits per heavy atom. The highest BCUT2D eigenvalue weighted by atomic mass is 32.2. The molecule has 152 valence electrons. The van der Waals surface area contributed by atoms with Crippen molar-refractivity contribution in [2.24, 2.45) is 0 Å². The van der Waals surface area contributed by atoms with Crippen LogP contribution in [0.25, 0.3) is 0 Å². The molecule has 8 heteroatoms. The van der Waals surface area contributed by atoms with E-state index in [0.29, 0.717) is 17.2 Å². The third-order valence-corrected chi connectivity index (χ3v) is 6.20. The Balaban J connectivity index is 1.98. The van der Waals surface area contributed by atoms with Gasteiger partial charge >= 0.3 is 0 Å². The Hall–Kier alpha value is -3.26. The van der Waals surface area contributed by atoms with E-state index >= 15 is 0 Å². The second-order valence-corrected chi connectivity index (χ2v) is 8.09. The van der Waals surface area contributed by atoms with Crippen molar-refractivity contribution in [1.29, 1.82) is 0 Å². The molecule has 0 bridgehead atoms. The fourth-order valence-electron chi connectivity index (χ4n) is 2.90. The fraction of sp³-hybridized carbons (Fsp3) is 0.190. The summed E-state index contributed by atoms with van der Waals surface area (Å²) in [5.74, 6) is 0.557. The normalized spacial score (nSPS) is 11.1. The maximum Gasteiger partial charge on any atom is 0.291 e. The molecule has 0 radical (unpaired) electrons. The van der Waals surface area contributed by atoms with E-state index in [9.17, 15) is 13.2 Å². The highest BCUT2D eigenvalue weighted by Gasteiger charge is 2.25. The molecular formula is C21H22N2O5S. The molecule has 1 amide bonds. The van der Waals surface area contributed by atoms with E-state index in [2.05, 4.69) is 5.32 Å². The first-order chi connectivity index (χ1) is 13.9. The second-order valence-electron chi connectivity index (χ2n) is 6.23. The first kappa shape index (κ1) is 20.5. The lowest BCUT2D eigenvalue weighted by molar-refractivity contribution is 0.0995. The van der Waals surface area contributed by atoms with E-state index in [1.807, 2.05) is 6.07 Å². The van der Waals surface area contributed by atoms with Gasteiger partial charge in [0, 0.05) is 6.54 Å². The summed E-state index contributed by atoms with van der Waals surface area (Å²) in [6, 6.07) is 16.4. The molecule has 1 aromatic heterocycles. The molecule has 0 saturated carbocycles. The first-order valence-electron chi connectivity index (χ1n) is 9.00. The predicted molar refractivity (Wildman–Crippen MR) is 111 cm³/mol. The van der Waals surface area contributed by atoms with E-state index in [1.165, 1.54) is 29.6 Å². The number of ether oxygens (including phenoxy) is 1. The summed E-state index contributed by atoms with van der Waals surface area (Å²) in [6.45, 7) is 3.75. The van der Waals surface area contributed by atoms with Gasteiger partial charge in [0.2, 0.25) is 0 Å². The Bertz CT molecular complexity index is 1110. The number of furan rings is 1. The Morgan fingerprint density at radius 1 is 1.10 bits per heavy atom. The van der Waals surface area contributed by atoms with Gasteiger partial charge in [-0.25, -0.2) is 8.42 Å². The number of hydrogen-bond donors (Lipinski definition) is 1. The van der Waals surface area contributed by atoms with E-state index in [4.69, 9.17) is 9.15 Å². The van der Waals surface area contributed by atoms with Gasteiger partial charge < -0.3 is 14.5 Å². The Morgan fingerprint density at radius 2 is 1.83 bits per heavy atom. The summed E-state index contributed by atoms with van der Waals surface area (Å²) in [4.78, 5) is 12.5. The van der Waals surface area contributed by atoms with E-state index < -0.39 is 15.9 Å². The molecule has 0 spiro atoms. The number of anilines is 2. The highest BCUT2D eigenvalue weighted by Crippen LogP contribution is 2.31. The van der Waals surface area contributed by atoms with Crippen molar-refractivity contribution in [3.63, 3.8) is 0 Å². The molecule has 0 aliphatic heterocycles. The summed E-state index contributed by atoms with van der Waals surface area (Å²) in [6.07, 6.45) is 0. The number of carbonyl (C=O) groups is 1. The maximum absolute atomic E-state index is 13.2. The van der Waals surface area contributed by atoms with Crippen LogP contribution in [0.15, 0.2) is 70.0 Å². The minimum Gasteiger partial charge on any atom is -0.495 e. The standard InChI is InChI=1S/C21H22N2O5S/c1-4-23(16-8-6-5-7-9-16)29(25,26)17-11-13-19(27-3)18(14-17)22-21(24)20-12-10-15(2)28-20/h5-14H,4H2,1-3H3,(H,22,24). The van der Waals surface area contributed by atoms with Gasteiger partial charge in [-0.1, -0.05) is 18.2 Å². The summed E-state index contributed by atoms with van der Waals surface area (Å²) >= 11 is 0. The minimum atomic E-state index is -3.84. The number of rotatable bonds is 7. The molecule has 3 rings (SSSR count). The highest BCUT2D eigenvalue weighted by molar-refractivity contribution is 7.92. The SMILES string of the molecule is CCN(c1ccccc1)S(=O)(=O)c1ccc(OC)c(NC(=O)c2ccc(C)o2)c1. The number of amides is 1. The van der Waals surface area contributed by atoms with Crippen LogP contribution in [0, 0.1) is 6.92 Å². The number of sulfonamides is 1. The van der Waals surface area contributed by atoms with Gasteiger partial charge in [0.25, 0.3) is 15.9 Å². The monoisotopic (exact) mass is 414 g/mol. The zero-order valence-electron chi connectivity index (χ0n) is 16.4. The first-order valence-corrected chi connectivity index (χ1v) is 10.4. The number of nitrogens with zero attached hydrogens (tertiary/aromatic N) is 1. The van der Waals surface area contributed by atoms with Gasteiger partial charge in [-0.2, -0.15) is 0 Å². The average molecular weight is 414 g/mol. The molecular weight excluding hydrogens is 392 g/mol. The Kier molecular flexibility index (Phi) is 5.93. The summed E-state index contributed by atoms with van der Waals surface area (Å²) < 4.78 is 38.4. The topological polar surface area (TPSA) is 88.9 Å². The number of aryl methyl sites for hydroxylation is 1. The van der Waals surface area contributed by atoms with Crippen molar-refractivity contribution in [2.45, 2.75) is 18.7 Å². The van der Waals surface area contributed by atoms with Crippen LogP contribution in [0.5, 0.6) is 5.75 Å². The van der Waals surface area contributed by atoms with Gasteiger partial charge in [0.1, 0.15) is 11.5 Å². The number of nitrogens with one attached hydrogen (secondary N) is 1. The molecule has 0 unspecified atom stereocenters. The summed E-state index contributed by atoms with van der Waals surface area (Å²) in [5, 5.41) is 2.66. The second kappa shape index (κ2) is 8.40. The van der Waals surface area contributed by atoms with Crippen LogP contribution in [0.3, 0.4) is 0 Å². The molecule has 0 aliphatic carbocycles. The van der Waals surface area contributed by atoms with Crippen LogP contribution in [0.1, 0.15) is 23.2 Å². The van der Waals surface area contributed by atoms with Gasteiger partial charge in [-0.3, -0.25) is 9.10 Å². The van der Waals surface area contributed by atoms with E-state index in [-0.39, 0.29) is 22.9 Å². The van der Waals surface area contributed by atoms with Crippen molar-refractivity contribution >= 4 is 27.3 Å². The van der Waals surface area contributed by atoms with Crippen molar-refractivity contribution in [3.8, 4) is 5.75 Å². The summed E-state index contributed by atoms with van der Waals surface area (Å²) in [7, 11) is -2.40. The summed E-state index contributed by atoms with van der Waals surface area (Å²) in [5.41, 5.74) is 0.791. The third kappa shape index (κ3) is 4.27. The van der Waals surface area contributed by atoms with Gasteiger partial charge in [-0.15, -0.1) is 0 Å². The molecule has 7 nitrogen and oxygen atoms in total. The number of benzene rings is 2. The van der Waals surface area contributed by atoms with Crippen molar-refractivity contribution in [3.05, 3.63) is 72.2 Å². The average Bonchev–Trinajstić information content (AvgIpc) is 3.15. The lowest BCUT2D eigenvalue weighted by atomic mass is 10.3. The van der Waals surface area contributed by atoms with Crippen LogP contribution >= 0.6 is 0 Å². The zero-order valence-corrected chi connectivity index (χ0v) is 17.2. The Labute approximate surface area is 170 Å². The number of carbonyl (C=O) groups excluding carboxylic acids is 1. The molecule has 0 saturated heterocycles. The van der Waals surface area contributed by atoms with Crippen LogP contribution in [-0.2, 0) is 10.0 Å². The smallest absolute Gasteiger partial charge is 0.291 e. The zero-order chi connectivity index (χ0) is 21.0. The maximum atomic E-state index is 13.2. The number of para-hydroxylation sites is 1. The molecule has 0 fully saturated rings. The lowest BCUT2D eigenvalue weighted by Gasteiger charge is -2.23. The van der Waals surface area contributed by atoms with Crippen molar-refractivity contribution < 1.29 is 22.4 Å². The third-order valence-electron chi connectivity index (χ3n) is 4.30. The van der Waals surface area contributed by atoms with Gasteiger partial charge in [0.05, 0.1) is 23.4 Å². The molecule has 3 aromatic rings. The minimum absolute atomic E-state index is 0.0370. The molecule has 29 heavy (non-hydrogen) atoms. The predicted octanol–water partition coefficient (Wildman–Crippen LogP) is 4.06. The molecule has 0 aliphatic rings. The van der Waals surface area contributed by atoms with E-state index in [1.54, 1.807) is 50.2 Å². The largest absolute Gasteiger partial charge is 0.495 e. The quantitative estimate of drug-likeness (QED) is 0.630. The van der Waals surface area contributed by atoms with Crippen LogP contribution in [0.4, 0.5) is 11.4 Å². The number of hydrogen-bond acceptors (Lipinski definition) is 5. The van der Waals surface area contributed by atoms with E-state index in [0.717, 1.165) is 0 Å². The molecule has 1 heterocycles. The van der Waals surface area contributed by atoms with Crippen molar-refractivity contribution in [1.82, 2.24) is 0 Å². The van der Waals surface area contributed by atoms with Gasteiger partial charge in [-0.05, 0) is 56.3 Å². The van der Waals surface area contributed by atoms with Crippen molar-refractivity contribution in [2.75, 3.05) is 23.3 Å². The molecule has 0 atom stereocenters. The molecule has 1 N–H and O–H groups in total. The number of methoxy groups -OCH3 is 1. The lowest BCUT2D eigenvalue weighted by Crippen LogP contribution is -2.30. The fourth-order valence-corrected chi connectivity index (χ4v) is 4.40. The van der Waals surface area contributed by atoms with Gasteiger partial charge in [0.15, 0.2) is 5.76 Å². The van der Waals surface area contributed by atoms with Crippen LogP contribution < -0.4 is 14.4 Å². The van der Waals surface area contributed by atoms with Crippen LogP contribution in [-0.4, -0.2) is 28.0 Å². The molecule has 2 aromatic carbocycles. The van der Waals surface area contributed by atoms with Crippen LogP contribution in [0.2, 0.25) is 0 Å².